The summed E-state index contributed by atoms with van der Waals surface area (Å²) in [5, 5.41) is 2.43. The van der Waals surface area contributed by atoms with Crippen LogP contribution in [-0.4, -0.2) is 29.5 Å². The number of fused-ring (bicyclic) bond motifs is 3. The van der Waals surface area contributed by atoms with Gasteiger partial charge in [-0.1, -0.05) is 188 Å². The maximum absolute atomic E-state index is 5.33. The lowest BCUT2D eigenvalue weighted by atomic mass is 9.60. The summed E-state index contributed by atoms with van der Waals surface area (Å²) < 4.78 is 2.36. The number of benzene rings is 9. The Morgan fingerprint density at radius 3 is 1.25 bits per heavy atom. The van der Waals surface area contributed by atoms with Gasteiger partial charge < -0.3 is 4.57 Å². The van der Waals surface area contributed by atoms with E-state index in [2.05, 4.69) is 193 Å². The number of aromatic nitrogens is 6. The van der Waals surface area contributed by atoms with Gasteiger partial charge in [-0.25, -0.2) is 24.9 Å². The van der Waals surface area contributed by atoms with Crippen molar-refractivity contribution in [3.63, 3.8) is 0 Å². The number of hydrogen-bond acceptors (Lipinski definition) is 5. The first kappa shape index (κ1) is 39.1. The molecule has 0 N–H and O–H groups in total. The van der Waals surface area contributed by atoms with Crippen molar-refractivity contribution in [2.75, 3.05) is 0 Å². The molecule has 3 aliphatic carbocycles. The summed E-state index contributed by atoms with van der Waals surface area (Å²) in [5.74, 6) is 2.74. The van der Waals surface area contributed by atoms with E-state index in [9.17, 15) is 0 Å². The molecule has 15 rings (SSSR count). The summed E-state index contributed by atoms with van der Waals surface area (Å²) >= 11 is 0. The molecular formula is C63H40N6. The zero-order chi connectivity index (χ0) is 45.4. The minimum absolute atomic E-state index is 0.0400. The van der Waals surface area contributed by atoms with Crippen LogP contribution in [0.15, 0.2) is 231 Å². The van der Waals surface area contributed by atoms with E-state index in [0.29, 0.717) is 23.3 Å². The first-order valence-corrected chi connectivity index (χ1v) is 23.5. The van der Waals surface area contributed by atoms with Gasteiger partial charge in [-0.3, -0.25) is 0 Å². The predicted octanol–water partition coefficient (Wildman–Crippen LogP) is 14.7. The fourth-order valence-corrected chi connectivity index (χ4v) is 10.9. The molecule has 6 nitrogen and oxygen atoms in total. The lowest BCUT2D eigenvalue weighted by Crippen LogP contribution is -2.27. The Morgan fingerprint density at radius 1 is 0.261 bits per heavy atom. The van der Waals surface area contributed by atoms with Crippen molar-refractivity contribution in [3.05, 3.63) is 264 Å². The van der Waals surface area contributed by atoms with Gasteiger partial charge in [-0.2, -0.15) is 0 Å². The summed E-state index contributed by atoms with van der Waals surface area (Å²) in [4.78, 5) is 25.8. The smallest absolute Gasteiger partial charge is 0.164 e. The molecule has 0 saturated carbocycles. The highest BCUT2D eigenvalue weighted by Gasteiger charge is 2.41. The summed E-state index contributed by atoms with van der Waals surface area (Å²) in [6.07, 6.45) is 0. The molecule has 3 aromatic heterocycles. The minimum Gasteiger partial charge on any atom is -0.309 e. The molecule has 69 heavy (non-hydrogen) atoms. The van der Waals surface area contributed by atoms with Gasteiger partial charge in [-0.15, -0.1) is 0 Å². The van der Waals surface area contributed by atoms with E-state index in [1.165, 1.54) is 49.7 Å². The Hall–Kier alpha value is -9.13. The van der Waals surface area contributed by atoms with Gasteiger partial charge in [0.1, 0.15) is 0 Å². The number of hydrogen-bond donors (Lipinski definition) is 0. The van der Waals surface area contributed by atoms with Crippen molar-refractivity contribution >= 4 is 21.8 Å². The molecule has 0 spiro atoms. The average molecular weight is 881 g/mol. The molecule has 2 atom stereocenters. The predicted molar refractivity (Wildman–Crippen MR) is 277 cm³/mol. The van der Waals surface area contributed by atoms with E-state index in [4.69, 9.17) is 24.9 Å². The molecule has 322 valence electrons. The fraction of sp³-hybridized carbons (Fsp3) is 0.0317. The van der Waals surface area contributed by atoms with Crippen LogP contribution < -0.4 is 0 Å². The van der Waals surface area contributed by atoms with E-state index in [1.807, 2.05) is 42.5 Å². The summed E-state index contributed by atoms with van der Waals surface area (Å²) in [5.41, 5.74) is 19.0. The number of para-hydroxylation sites is 2. The Balaban J connectivity index is 0.903. The third kappa shape index (κ3) is 6.45. The molecule has 9 aromatic carbocycles. The molecule has 12 aromatic rings. The van der Waals surface area contributed by atoms with Crippen molar-refractivity contribution < 1.29 is 0 Å². The van der Waals surface area contributed by atoms with E-state index < -0.39 is 0 Å². The number of rotatable bonds is 7. The van der Waals surface area contributed by atoms with E-state index in [1.54, 1.807) is 0 Å². The van der Waals surface area contributed by atoms with Crippen LogP contribution in [0.1, 0.15) is 45.2 Å². The van der Waals surface area contributed by atoms with Crippen molar-refractivity contribution in [2.24, 2.45) is 0 Å². The topological polar surface area (TPSA) is 69.4 Å². The summed E-state index contributed by atoms with van der Waals surface area (Å²) in [6.45, 7) is 0. The molecule has 0 aliphatic heterocycles. The first-order chi connectivity index (χ1) is 34.2. The first-order valence-electron chi connectivity index (χ1n) is 23.5. The largest absolute Gasteiger partial charge is 0.309 e. The second-order valence-electron chi connectivity index (χ2n) is 18.0. The molecule has 0 fully saturated rings. The van der Waals surface area contributed by atoms with Crippen LogP contribution in [0, 0.1) is 0 Å². The van der Waals surface area contributed by atoms with Gasteiger partial charge >= 0.3 is 0 Å². The molecule has 3 heterocycles. The zero-order valence-corrected chi connectivity index (χ0v) is 37.3. The quantitative estimate of drug-likeness (QED) is 0.159. The Morgan fingerprint density at radius 2 is 0.667 bits per heavy atom. The van der Waals surface area contributed by atoms with Crippen LogP contribution in [0.25, 0.3) is 95.6 Å². The van der Waals surface area contributed by atoms with Crippen molar-refractivity contribution in [1.82, 2.24) is 29.5 Å². The van der Waals surface area contributed by atoms with Crippen LogP contribution >= 0.6 is 0 Å². The third-order valence-corrected chi connectivity index (χ3v) is 14.0. The number of nitrogens with zero attached hydrogens (tertiary/aromatic N) is 6. The average Bonchev–Trinajstić information content (AvgIpc) is 3.77. The zero-order valence-electron chi connectivity index (χ0n) is 37.3. The van der Waals surface area contributed by atoms with Gasteiger partial charge in [0.05, 0.1) is 22.4 Å². The summed E-state index contributed by atoms with van der Waals surface area (Å²) in [7, 11) is 0. The highest BCUT2D eigenvalue weighted by atomic mass is 15.0. The molecular weight excluding hydrogens is 841 g/mol. The minimum atomic E-state index is 0.0400. The molecule has 0 saturated heterocycles. The SMILES string of the molecule is c1ccc(-c2nc(-c3ccc4c(c3)C3c5ccccc5C4c4cc(-c5nc(-c6ccccc6)nc(-c6ccccc6)n5)ccc43)cc(-c3ccc4c5ccccc5n(-c5ccccc5)c4c3)n2)cc1. The molecule has 2 bridgehead atoms. The second-order valence-corrected chi connectivity index (χ2v) is 18.0. The fourth-order valence-electron chi connectivity index (χ4n) is 10.9. The Bertz CT molecular complexity index is 3900. The van der Waals surface area contributed by atoms with Crippen LogP contribution in [0.3, 0.4) is 0 Å². The van der Waals surface area contributed by atoms with Gasteiger partial charge in [0.15, 0.2) is 23.3 Å². The van der Waals surface area contributed by atoms with Crippen molar-refractivity contribution in [1.29, 1.82) is 0 Å². The summed E-state index contributed by atoms with van der Waals surface area (Å²) in [6, 6.07) is 81.6. The van der Waals surface area contributed by atoms with E-state index in [-0.39, 0.29) is 11.8 Å². The normalized spacial score (nSPS) is 14.4. The van der Waals surface area contributed by atoms with Crippen LogP contribution in [0.4, 0.5) is 0 Å². The highest BCUT2D eigenvalue weighted by molar-refractivity contribution is 6.10. The van der Waals surface area contributed by atoms with Gasteiger partial charge in [0.2, 0.25) is 0 Å². The van der Waals surface area contributed by atoms with Crippen LogP contribution in [0.5, 0.6) is 0 Å². The Kier molecular flexibility index (Phi) is 8.92. The Labute approximate surface area is 399 Å². The van der Waals surface area contributed by atoms with Gasteiger partial charge in [0.25, 0.3) is 0 Å². The monoisotopic (exact) mass is 880 g/mol. The van der Waals surface area contributed by atoms with Crippen molar-refractivity contribution in [3.8, 4) is 73.8 Å². The molecule has 2 unspecified atom stereocenters. The third-order valence-electron chi connectivity index (χ3n) is 14.0. The molecule has 0 amide bonds. The second kappa shape index (κ2) is 15.8. The van der Waals surface area contributed by atoms with Crippen molar-refractivity contribution in [2.45, 2.75) is 11.8 Å². The standard InChI is InChI=1S/C63H40N6/c1-5-17-39(18-6-1)60-64-54(38-55(65-60)43-29-32-47-46-25-15-16-28-56(46)69(57(47)37-43)45-23-11-4-12-24-45)42-30-33-50-52(35-42)58-48-26-13-14-27-49(48)59(50)53-36-44(31-34-51(53)58)63-67-61(40-19-7-2-8-20-40)66-62(68-63)41-21-9-3-10-22-41/h1-38,58-59H. The van der Waals surface area contributed by atoms with E-state index in [0.717, 1.165) is 56.0 Å². The lowest BCUT2D eigenvalue weighted by Gasteiger charge is -2.42. The molecule has 0 radical (unpaired) electrons. The highest BCUT2D eigenvalue weighted by Crippen LogP contribution is 2.56. The van der Waals surface area contributed by atoms with Crippen LogP contribution in [0.2, 0.25) is 0 Å². The van der Waals surface area contributed by atoms with E-state index >= 15 is 0 Å². The van der Waals surface area contributed by atoms with Crippen LogP contribution in [-0.2, 0) is 0 Å². The molecule has 6 heteroatoms. The lowest BCUT2D eigenvalue weighted by molar-refractivity contribution is 0.754. The van der Waals surface area contributed by atoms with Gasteiger partial charge in [-0.05, 0) is 75.8 Å². The maximum Gasteiger partial charge on any atom is 0.164 e. The maximum atomic E-state index is 5.33. The van der Waals surface area contributed by atoms with Gasteiger partial charge in [0, 0.05) is 61.7 Å². The molecule has 3 aliphatic rings.